The van der Waals surface area contributed by atoms with E-state index in [1.165, 1.54) is 12.0 Å². The lowest BCUT2D eigenvalue weighted by Crippen LogP contribution is -2.43. The molecule has 1 fully saturated rings. The highest BCUT2D eigenvalue weighted by Crippen LogP contribution is 2.45. The number of nitrogens with zero attached hydrogens (tertiary/aromatic N) is 4. The topological polar surface area (TPSA) is 81.7 Å². The Morgan fingerprint density at radius 3 is 2.51 bits per heavy atom. The van der Waals surface area contributed by atoms with E-state index in [0.29, 0.717) is 0 Å². The summed E-state index contributed by atoms with van der Waals surface area (Å²) < 4.78 is 2.25. The van der Waals surface area contributed by atoms with Crippen LogP contribution >= 0.6 is 0 Å². The van der Waals surface area contributed by atoms with Crippen molar-refractivity contribution in [2.75, 3.05) is 5.32 Å². The van der Waals surface area contributed by atoms with Gasteiger partial charge in [-0.1, -0.05) is 48.5 Å². The fourth-order valence-corrected chi connectivity index (χ4v) is 5.93. The first-order valence-electron chi connectivity index (χ1n) is 13.4. The van der Waals surface area contributed by atoms with E-state index >= 15 is 0 Å². The predicted molar refractivity (Wildman–Crippen MR) is 156 cm³/mol. The summed E-state index contributed by atoms with van der Waals surface area (Å²) in [6.45, 7) is 0. The second-order valence-electron chi connectivity index (χ2n) is 10.5. The van der Waals surface area contributed by atoms with Crippen LogP contribution in [0.2, 0.25) is 0 Å². The average molecular weight is 507 g/mol. The zero-order chi connectivity index (χ0) is 26.0. The first kappa shape index (κ1) is 22.2. The van der Waals surface area contributed by atoms with Crippen molar-refractivity contribution in [1.82, 2.24) is 19.5 Å². The van der Waals surface area contributed by atoms with Crippen LogP contribution < -0.4 is 11.1 Å². The van der Waals surface area contributed by atoms with Gasteiger partial charge >= 0.3 is 0 Å². The van der Waals surface area contributed by atoms with Crippen LogP contribution in [-0.4, -0.2) is 19.5 Å². The van der Waals surface area contributed by atoms with Gasteiger partial charge in [0.25, 0.3) is 0 Å². The Kier molecular flexibility index (Phi) is 4.75. The number of aromatic nitrogens is 4. The highest BCUT2D eigenvalue weighted by Gasteiger charge is 2.34. The Bertz CT molecular complexity index is 1880. The molecule has 1 saturated carbocycles. The number of anilines is 2. The Morgan fingerprint density at radius 2 is 1.67 bits per heavy atom. The molecule has 1 aliphatic heterocycles. The van der Waals surface area contributed by atoms with Crippen molar-refractivity contribution in [3.05, 3.63) is 109 Å². The van der Waals surface area contributed by atoms with Crippen molar-refractivity contribution in [3.8, 4) is 39.6 Å². The minimum atomic E-state index is -0.208. The summed E-state index contributed by atoms with van der Waals surface area (Å²) in [4.78, 5) is 14.4. The summed E-state index contributed by atoms with van der Waals surface area (Å²) in [5.41, 5.74) is 14.7. The van der Waals surface area contributed by atoms with Crippen molar-refractivity contribution >= 4 is 22.3 Å². The maximum absolute atomic E-state index is 6.67. The number of rotatable bonds is 3. The molecule has 3 N–H and O–H groups in total. The SMILES string of the molecule is NC1(c2ccc(-c3c(-c4ccc5ccncc5c4)nc4n3-c3cccnc3Nc3ccccc3-4)cc2)CCC1. The van der Waals surface area contributed by atoms with Crippen molar-refractivity contribution in [1.29, 1.82) is 0 Å². The predicted octanol–water partition coefficient (Wildman–Crippen LogP) is 7.21. The molecule has 4 heterocycles. The second kappa shape index (κ2) is 8.35. The molecule has 188 valence electrons. The van der Waals surface area contributed by atoms with Gasteiger partial charge in [0.2, 0.25) is 0 Å². The molecule has 0 saturated heterocycles. The lowest BCUT2D eigenvalue weighted by atomic mass is 9.72. The molecule has 8 rings (SSSR count). The third-order valence-electron chi connectivity index (χ3n) is 8.22. The Morgan fingerprint density at radius 1 is 0.821 bits per heavy atom. The molecule has 0 bridgehead atoms. The summed E-state index contributed by atoms with van der Waals surface area (Å²) in [5.74, 6) is 1.67. The quantitative estimate of drug-likeness (QED) is 0.265. The van der Waals surface area contributed by atoms with Crippen LogP contribution in [0.3, 0.4) is 0 Å². The molecule has 3 aromatic carbocycles. The largest absolute Gasteiger partial charge is 0.338 e. The normalized spacial score (nSPS) is 14.9. The number of benzene rings is 3. The maximum Gasteiger partial charge on any atom is 0.154 e. The second-order valence-corrected chi connectivity index (χ2v) is 10.5. The van der Waals surface area contributed by atoms with Gasteiger partial charge in [-0.05, 0) is 66.6 Å². The summed E-state index contributed by atoms with van der Waals surface area (Å²) in [5, 5.41) is 5.78. The molecule has 39 heavy (non-hydrogen) atoms. The summed E-state index contributed by atoms with van der Waals surface area (Å²) in [7, 11) is 0. The van der Waals surface area contributed by atoms with Crippen LogP contribution in [-0.2, 0) is 5.54 Å². The third-order valence-corrected chi connectivity index (χ3v) is 8.22. The van der Waals surface area contributed by atoms with Crippen LogP contribution in [0, 0.1) is 0 Å². The van der Waals surface area contributed by atoms with E-state index < -0.39 is 0 Å². The fraction of sp³-hybridized carbons (Fsp3) is 0.121. The number of para-hydroxylation sites is 1. The minimum absolute atomic E-state index is 0.208. The molecule has 0 spiro atoms. The molecular formula is C33H26N6. The molecule has 6 heteroatoms. The number of imidazole rings is 1. The molecule has 0 radical (unpaired) electrons. The summed E-state index contributed by atoms with van der Waals surface area (Å²) in [6.07, 6.45) is 8.81. The smallest absolute Gasteiger partial charge is 0.154 e. The molecule has 0 unspecified atom stereocenters. The molecule has 0 amide bonds. The first-order chi connectivity index (χ1) is 19.2. The Hall–Kier alpha value is -4.81. The van der Waals surface area contributed by atoms with Crippen LogP contribution in [0.15, 0.2) is 104 Å². The van der Waals surface area contributed by atoms with Gasteiger partial charge in [-0.15, -0.1) is 0 Å². The zero-order valence-corrected chi connectivity index (χ0v) is 21.3. The fourth-order valence-electron chi connectivity index (χ4n) is 5.93. The standard InChI is InChI=1S/C33H26N6/c34-33(15-4-16-33)25-12-10-22(11-13-25)30-29(23-9-8-21-14-18-35-20-24(21)19-23)38-32-26-5-1-2-6-27(26)37-31-28(39(30)32)7-3-17-36-31/h1-3,5-14,17-20H,4,15-16,34H2,(H,36,37). The molecular weight excluding hydrogens is 480 g/mol. The van der Waals surface area contributed by atoms with E-state index in [9.17, 15) is 0 Å². The van der Waals surface area contributed by atoms with Crippen molar-refractivity contribution in [2.24, 2.45) is 5.73 Å². The summed E-state index contributed by atoms with van der Waals surface area (Å²) in [6, 6.07) is 29.6. The average Bonchev–Trinajstić information content (AvgIpc) is 3.30. The van der Waals surface area contributed by atoms with Gasteiger partial charge in [0.1, 0.15) is 5.82 Å². The highest BCUT2D eigenvalue weighted by atomic mass is 15.2. The Labute approximate surface area is 226 Å². The van der Waals surface area contributed by atoms with Crippen LogP contribution in [0.4, 0.5) is 11.5 Å². The van der Waals surface area contributed by atoms with Gasteiger partial charge in [-0.25, -0.2) is 9.97 Å². The lowest BCUT2D eigenvalue weighted by Gasteiger charge is -2.38. The van der Waals surface area contributed by atoms with Gasteiger partial charge in [0, 0.05) is 46.2 Å². The lowest BCUT2D eigenvalue weighted by molar-refractivity contribution is 0.253. The van der Waals surface area contributed by atoms with Crippen LogP contribution in [0.5, 0.6) is 0 Å². The van der Waals surface area contributed by atoms with E-state index in [1.54, 1.807) is 0 Å². The molecule has 1 aliphatic carbocycles. The van der Waals surface area contributed by atoms with Crippen LogP contribution in [0.1, 0.15) is 24.8 Å². The van der Waals surface area contributed by atoms with Gasteiger partial charge < -0.3 is 11.1 Å². The molecule has 0 atom stereocenters. The number of pyridine rings is 2. The highest BCUT2D eigenvalue weighted by molar-refractivity contribution is 5.93. The minimum Gasteiger partial charge on any atom is -0.338 e. The van der Waals surface area contributed by atoms with E-state index in [2.05, 4.69) is 81.6 Å². The number of hydrogen-bond acceptors (Lipinski definition) is 5. The zero-order valence-electron chi connectivity index (χ0n) is 21.3. The Balaban J connectivity index is 1.43. The molecule has 6 nitrogen and oxygen atoms in total. The molecule has 6 aromatic rings. The first-order valence-corrected chi connectivity index (χ1v) is 13.4. The number of fused-ring (bicyclic) bond motifs is 6. The van der Waals surface area contributed by atoms with Gasteiger partial charge in [-0.2, -0.15) is 0 Å². The van der Waals surface area contributed by atoms with Crippen molar-refractivity contribution in [2.45, 2.75) is 24.8 Å². The van der Waals surface area contributed by atoms with E-state index in [4.69, 9.17) is 15.7 Å². The number of nitrogens with one attached hydrogen (secondary N) is 1. The van der Waals surface area contributed by atoms with E-state index in [-0.39, 0.29) is 5.54 Å². The van der Waals surface area contributed by atoms with Gasteiger partial charge in [0.05, 0.1) is 22.8 Å². The molecule has 2 aliphatic rings. The van der Waals surface area contributed by atoms with Crippen LogP contribution in [0.25, 0.3) is 50.4 Å². The van der Waals surface area contributed by atoms with Gasteiger partial charge in [0.15, 0.2) is 5.82 Å². The third kappa shape index (κ3) is 3.42. The van der Waals surface area contributed by atoms with E-state index in [1.807, 2.05) is 36.8 Å². The summed E-state index contributed by atoms with van der Waals surface area (Å²) >= 11 is 0. The van der Waals surface area contributed by atoms with Crippen molar-refractivity contribution in [3.63, 3.8) is 0 Å². The maximum atomic E-state index is 6.67. The molecule has 3 aromatic heterocycles. The van der Waals surface area contributed by atoms with E-state index in [0.717, 1.165) is 74.7 Å². The number of nitrogens with two attached hydrogens (primary N) is 1. The monoisotopic (exact) mass is 506 g/mol. The van der Waals surface area contributed by atoms with Crippen molar-refractivity contribution < 1.29 is 0 Å². The number of hydrogen-bond donors (Lipinski definition) is 2. The van der Waals surface area contributed by atoms with Gasteiger partial charge in [-0.3, -0.25) is 9.55 Å².